The fourth-order valence-electron chi connectivity index (χ4n) is 2.16. The third-order valence-corrected chi connectivity index (χ3v) is 3.43. The minimum Gasteiger partial charge on any atom is -0.452 e. The second-order valence-corrected chi connectivity index (χ2v) is 5.47. The van der Waals surface area contributed by atoms with Crippen molar-refractivity contribution in [3.63, 3.8) is 0 Å². The topological polar surface area (TPSA) is 94.3 Å². The standard InChI is InChI=1S/C18H13F2N3O4/c1-10-21-17(27-23-10)11-2-4-12(5-3-11)18(25)26-9-16(24)22-15-8-13(19)6-7-14(15)20/h2-8H,9H2,1H3,(H,22,24). The number of ether oxygens (including phenoxy) is 1. The van der Waals surface area contributed by atoms with Gasteiger partial charge in [0.1, 0.15) is 11.6 Å². The van der Waals surface area contributed by atoms with E-state index in [0.29, 0.717) is 17.3 Å². The predicted molar refractivity (Wildman–Crippen MR) is 89.7 cm³/mol. The molecule has 3 rings (SSSR count). The molecule has 0 atom stereocenters. The number of anilines is 1. The van der Waals surface area contributed by atoms with E-state index >= 15 is 0 Å². The maximum atomic E-state index is 13.5. The number of hydrogen-bond acceptors (Lipinski definition) is 6. The number of rotatable bonds is 5. The van der Waals surface area contributed by atoms with Crippen molar-refractivity contribution in [2.75, 3.05) is 11.9 Å². The Morgan fingerprint density at radius 1 is 1.15 bits per heavy atom. The number of esters is 1. The fraction of sp³-hybridized carbons (Fsp3) is 0.111. The van der Waals surface area contributed by atoms with Gasteiger partial charge in [0, 0.05) is 11.6 Å². The van der Waals surface area contributed by atoms with Gasteiger partial charge in [0.2, 0.25) is 0 Å². The van der Waals surface area contributed by atoms with Crippen LogP contribution < -0.4 is 5.32 Å². The quantitative estimate of drug-likeness (QED) is 0.691. The Morgan fingerprint density at radius 3 is 2.56 bits per heavy atom. The Morgan fingerprint density at radius 2 is 1.89 bits per heavy atom. The molecule has 0 unspecified atom stereocenters. The van der Waals surface area contributed by atoms with E-state index in [4.69, 9.17) is 9.26 Å². The molecule has 0 fully saturated rings. The summed E-state index contributed by atoms with van der Waals surface area (Å²) in [6.07, 6.45) is 0. The second-order valence-electron chi connectivity index (χ2n) is 5.47. The van der Waals surface area contributed by atoms with Gasteiger partial charge >= 0.3 is 5.97 Å². The molecule has 3 aromatic rings. The molecule has 2 aromatic carbocycles. The van der Waals surface area contributed by atoms with E-state index in [0.717, 1.165) is 18.2 Å². The van der Waals surface area contributed by atoms with Crippen LogP contribution in [0.3, 0.4) is 0 Å². The average molecular weight is 373 g/mol. The van der Waals surface area contributed by atoms with E-state index in [1.807, 2.05) is 0 Å². The molecule has 0 bridgehead atoms. The summed E-state index contributed by atoms with van der Waals surface area (Å²) < 4.78 is 36.4. The van der Waals surface area contributed by atoms with Crippen LogP contribution in [0.4, 0.5) is 14.5 Å². The number of carbonyl (C=O) groups excluding carboxylic acids is 2. The van der Waals surface area contributed by atoms with Crippen LogP contribution in [0.5, 0.6) is 0 Å². The third kappa shape index (κ3) is 4.51. The zero-order valence-electron chi connectivity index (χ0n) is 14.0. The Kier molecular flexibility index (Phi) is 5.20. The van der Waals surface area contributed by atoms with Gasteiger partial charge in [-0.3, -0.25) is 4.79 Å². The summed E-state index contributed by atoms with van der Waals surface area (Å²) in [7, 11) is 0. The summed E-state index contributed by atoms with van der Waals surface area (Å²) in [4.78, 5) is 27.8. The molecule has 1 aromatic heterocycles. The molecule has 138 valence electrons. The first-order valence-corrected chi connectivity index (χ1v) is 7.75. The SMILES string of the molecule is Cc1noc(-c2ccc(C(=O)OCC(=O)Nc3cc(F)ccc3F)cc2)n1. The lowest BCUT2D eigenvalue weighted by Gasteiger charge is -2.08. The van der Waals surface area contributed by atoms with E-state index in [1.54, 1.807) is 19.1 Å². The van der Waals surface area contributed by atoms with Gasteiger partial charge in [-0.25, -0.2) is 13.6 Å². The van der Waals surface area contributed by atoms with Crippen LogP contribution in [-0.2, 0) is 9.53 Å². The van der Waals surface area contributed by atoms with E-state index in [2.05, 4.69) is 15.5 Å². The molecule has 0 aliphatic carbocycles. The number of nitrogens with one attached hydrogen (secondary N) is 1. The molecule has 0 spiro atoms. The highest BCUT2D eigenvalue weighted by Crippen LogP contribution is 2.18. The van der Waals surface area contributed by atoms with Crippen LogP contribution >= 0.6 is 0 Å². The lowest BCUT2D eigenvalue weighted by atomic mass is 10.1. The van der Waals surface area contributed by atoms with Crippen LogP contribution in [0, 0.1) is 18.6 Å². The maximum Gasteiger partial charge on any atom is 0.338 e. The van der Waals surface area contributed by atoms with Crippen molar-refractivity contribution in [3.05, 3.63) is 65.5 Å². The summed E-state index contributed by atoms with van der Waals surface area (Å²) in [5.74, 6) is -2.27. The molecule has 1 amide bonds. The van der Waals surface area contributed by atoms with Crippen LogP contribution in [-0.4, -0.2) is 28.6 Å². The first-order chi connectivity index (χ1) is 12.9. The summed E-state index contributed by atoms with van der Waals surface area (Å²) in [6, 6.07) is 8.75. The van der Waals surface area contributed by atoms with E-state index in [-0.39, 0.29) is 11.3 Å². The van der Waals surface area contributed by atoms with Crippen molar-refractivity contribution >= 4 is 17.6 Å². The average Bonchev–Trinajstić information content (AvgIpc) is 3.09. The Labute approximate surface area is 152 Å². The van der Waals surface area contributed by atoms with Gasteiger partial charge in [-0.05, 0) is 43.3 Å². The minimum absolute atomic E-state index is 0.194. The number of aromatic nitrogens is 2. The first-order valence-electron chi connectivity index (χ1n) is 7.75. The number of hydrogen-bond donors (Lipinski definition) is 1. The summed E-state index contributed by atoms with van der Waals surface area (Å²) in [5, 5.41) is 5.81. The molecule has 27 heavy (non-hydrogen) atoms. The first kappa shape index (κ1) is 18.2. The summed E-state index contributed by atoms with van der Waals surface area (Å²) in [5.41, 5.74) is 0.474. The summed E-state index contributed by atoms with van der Waals surface area (Å²) in [6.45, 7) is 1.03. The van der Waals surface area contributed by atoms with Gasteiger partial charge in [0.15, 0.2) is 12.4 Å². The van der Waals surface area contributed by atoms with Crippen molar-refractivity contribution in [3.8, 4) is 11.5 Å². The lowest BCUT2D eigenvalue weighted by molar-refractivity contribution is -0.119. The number of halogens is 2. The van der Waals surface area contributed by atoms with Crippen LogP contribution in [0.1, 0.15) is 16.2 Å². The molecule has 0 saturated heterocycles. The minimum atomic E-state index is -0.803. The molecule has 0 saturated carbocycles. The van der Waals surface area contributed by atoms with Crippen LogP contribution in [0.2, 0.25) is 0 Å². The molecule has 0 aliphatic heterocycles. The normalized spacial score (nSPS) is 10.5. The fourth-order valence-corrected chi connectivity index (χ4v) is 2.16. The largest absolute Gasteiger partial charge is 0.452 e. The zero-order valence-corrected chi connectivity index (χ0v) is 14.0. The maximum absolute atomic E-state index is 13.5. The number of benzene rings is 2. The lowest BCUT2D eigenvalue weighted by Crippen LogP contribution is -2.21. The Hall–Kier alpha value is -3.62. The molecule has 0 aliphatic rings. The van der Waals surface area contributed by atoms with Crippen molar-refractivity contribution < 1.29 is 27.6 Å². The molecule has 1 N–H and O–H groups in total. The van der Waals surface area contributed by atoms with Crippen molar-refractivity contribution in [1.82, 2.24) is 10.1 Å². The van der Waals surface area contributed by atoms with Gasteiger partial charge in [0.05, 0.1) is 11.3 Å². The monoisotopic (exact) mass is 373 g/mol. The predicted octanol–water partition coefficient (Wildman–Crippen LogP) is 3.12. The molecule has 9 heteroatoms. The van der Waals surface area contributed by atoms with Crippen LogP contribution in [0.25, 0.3) is 11.5 Å². The van der Waals surface area contributed by atoms with E-state index < -0.39 is 30.1 Å². The number of amides is 1. The highest BCUT2D eigenvalue weighted by molar-refractivity contribution is 5.95. The third-order valence-electron chi connectivity index (χ3n) is 3.43. The number of carbonyl (C=O) groups is 2. The van der Waals surface area contributed by atoms with Gasteiger partial charge in [-0.15, -0.1) is 0 Å². The highest BCUT2D eigenvalue weighted by Gasteiger charge is 2.13. The molecular weight excluding hydrogens is 360 g/mol. The van der Waals surface area contributed by atoms with Crippen molar-refractivity contribution in [2.45, 2.75) is 6.92 Å². The van der Waals surface area contributed by atoms with Gasteiger partial charge in [0.25, 0.3) is 11.8 Å². The van der Waals surface area contributed by atoms with E-state index in [1.165, 1.54) is 12.1 Å². The zero-order chi connectivity index (χ0) is 19.4. The number of aryl methyl sites for hydroxylation is 1. The summed E-state index contributed by atoms with van der Waals surface area (Å²) >= 11 is 0. The smallest absolute Gasteiger partial charge is 0.338 e. The molecule has 7 nitrogen and oxygen atoms in total. The Balaban J connectivity index is 1.57. The van der Waals surface area contributed by atoms with Gasteiger partial charge in [-0.2, -0.15) is 4.98 Å². The van der Waals surface area contributed by atoms with E-state index in [9.17, 15) is 18.4 Å². The highest BCUT2D eigenvalue weighted by atomic mass is 19.1. The van der Waals surface area contributed by atoms with Crippen molar-refractivity contribution in [2.24, 2.45) is 0 Å². The van der Waals surface area contributed by atoms with Gasteiger partial charge in [-0.1, -0.05) is 5.16 Å². The molecular formula is C18H13F2N3O4. The number of nitrogens with zero attached hydrogens (tertiary/aromatic N) is 2. The molecule has 1 heterocycles. The van der Waals surface area contributed by atoms with Crippen LogP contribution in [0.15, 0.2) is 47.0 Å². The van der Waals surface area contributed by atoms with Crippen molar-refractivity contribution in [1.29, 1.82) is 0 Å². The molecule has 0 radical (unpaired) electrons. The van der Waals surface area contributed by atoms with Gasteiger partial charge < -0.3 is 14.6 Å². The Bertz CT molecular complexity index is 987. The second kappa shape index (κ2) is 7.73.